The van der Waals surface area contributed by atoms with Crippen molar-refractivity contribution in [3.05, 3.63) is 24.3 Å². The molecule has 0 spiro atoms. The summed E-state index contributed by atoms with van der Waals surface area (Å²) >= 11 is -2.12. The summed E-state index contributed by atoms with van der Waals surface area (Å²) in [5.74, 6) is 0. The van der Waals surface area contributed by atoms with Crippen LogP contribution in [0.5, 0.6) is 0 Å². The minimum Gasteiger partial charge on any atom is -0.768 e. The van der Waals surface area contributed by atoms with E-state index in [4.69, 9.17) is 0 Å². The van der Waals surface area contributed by atoms with Crippen molar-refractivity contribution in [2.24, 2.45) is 0 Å². The summed E-state index contributed by atoms with van der Waals surface area (Å²) < 4.78 is 21.1. The van der Waals surface area contributed by atoms with Gasteiger partial charge in [0.1, 0.15) is 0 Å². The van der Waals surface area contributed by atoms with Gasteiger partial charge in [0.15, 0.2) is 0 Å². The third-order valence-electron chi connectivity index (χ3n) is 1.94. The molecule has 0 fully saturated rings. The highest BCUT2D eigenvalue weighted by molar-refractivity contribution is 7.79. The molecule has 72 valence electrons. The summed E-state index contributed by atoms with van der Waals surface area (Å²) in [6.45, 7) is 2.94. The lowest BCUT2D eigenvalue weighted by atomic mass is 10.3. The molecule has 1 rings (SSSR count). The van der Waals surface area contributed by atoms with Crippen LogP contribution in [-0.2, 0) is 11.1 Å². The van der Waals surface area contributed by atoms with E-state index in [0.29, 0.717) is 4.90 Å². The van der Waals surface area contributed by atoms with Gasteiger partial charge in [0.2, 0.25) is 0 Å². The van der Waals surface area contributed by atoms with E-state index >= 15 is 0 Å². The van der Waals surface area contributed by atoms with E-state index in [-0.39, 0.29) is 0 Å². The summed E-state index contributed by atoms with van der Waals surface area (Å²) in [7, 11) is 1.96. The average Bonchev–Trinajstić information content (AvgIpc) is 2.17. The van der Waals surface area contributed by atoms with Gasteiger partial charge >= 0.3 is 0 Å². The normalized spacial score (nSPS) is 12.5. The molecule has 1 aromatic rings. The van der Waals surface area contributed by atoms with Gasteiger partial charge in [-0.3, -0.25) is 4.21 Å². The monoisotopic (exact) mass is 198 g/mol. The SMILES string of the molecule is CCN(C)c1ccc(S(=O)[O-])cc1. The maximum Gasteiger partial charge on any atom is 0.0364 e. The number of rotatable bonds is 3. The Bertz CT molecular complexity index is 297. The molecule has 3 nitrogen and oxygen atoms in total. The first-order valence-corrected chi connectivity index (χ1v) is 5.13. The molecule has 0 aliphatic heterocycles. The first-order valence-electron chi connectivity index (χ1n) is 4.05. The molecule has 0 radical (unpaired) electrons. The number of benzene rings is 1. The second-order valence-electron chi connectivity index (χ2n) is 2.74. The van der Waals surface area contributed by atoms with Crippen molar-refractivity contribution >= 4 is 16.8 Å². The Morgan fingerprint density at radius 2 is 1.92 bits per heavy atom. The topological polar surface area (TPSA) is 43.4 Å². The van der Waals surface area contributed by atoms with Gasteiger partial charge in [0.05, 0.1) is 0 Å². The van der Waals surface area contributed by atoms with Crippen LogP contribution in [0.25, 0.3) is 0 Å². The first-order chi connectivity index (χ1) is 6.15. The number of anilines is 1. The molecule has 1 atom stereocenters. The summed E-state index contributed by atoms with van der Waals surface area (Å²) in [6, 6.07) is 6.80. The van der Waals surface area contributed by atoms with E-state index in [0.717, 1.165) is 12.2 Å². The number of nitrogens with zero attached hydrogens (tertiary/aromatic N) is 1. The van der Waals surface area contributed by atoms with Crippen LogP contribution in [-0.4, -0.2) is 22.4 Å². The fraction of sp³-hybridized carbons (Fsp3) is 0.333. The van der Waals surface area contributed by atoms with Crippen molar-refractivity contribution in [3.8, 4) is 0 Å². The van der Waals surface area contributed by atoms with Gasteiger partial charge in [-0.25, -0.2) is 0 Å². The second kappa shape index (κ2) is 4.39. The van der Waals surface area contributed by atoms with E-state index in [1.807, 2.05) is 18.9 Å². The fourth-order valence-electron chi connectivity index (χ4n) is 0.994. The molecular weight excluding hydrogens is 186 g/mol. The van der Waals surface area contributed by atoms with Crippen LogP contribution in [0.4, 0.5) is 5.69 Å². The lowest BCUT2D eigenvalue weighted by Crippen LogP contribution is -2.15. The molecule has 1 aromatic carbocycles. The van der Waals surface area contributed by atoms with Crippen molar-refractivity contribution in [1.82, 2.24) is 0 Å². The smallest absolute Gasteiger partial charge is 0.0364 e. The molecule has 0 aromatic heterocycles. The van der Waals surface area contributed by atoms with Crippen LogP contribution in [0.3, 0.4) is 0 Å². The molecule has 0 N–H and O–H groups in total. The third-order valence-corrected chi connectivity index (χ3v) is 2.60. The molecule has 1 unspecified atom stereocenters. The largest absolute Gasteiger partial charge is 0.768 e. The number of hydrogen-bond donors (Lipinski definition) is 0. The van der Waals surface area contributed by atoms with Crippen molar-refractivity contribution in [2.45, 2.75) is 11.8 Å². The Morgan fingerprint density at radius 3 is 2.31 bits per heavy atom. The molecule has 0 bridgehead atoms. The maximum atomic E-state index is 10.5. The standard InChI is InChI=1S/C9H13NO2S/c1-3-10(2)8-4-6-9(7-5-8)13(11)12/h4-7H,3H2,1-2H3,(H,11,12)/p-1. The zero-order valence-corrected chi connectivity index (χ0v) is 8.50. The van der Waals surface area contributed by atoms with Crippen LogP contribution in [0, 0.1) is 0 Å². The lowest BCUT2D eigenvalue weighted by Gasteiger charge is -2.17. The van der Waals surface area contributed by atoms with Crippen molar-refractivity contribution in [2.75, 3.05) is 18.5 Å². The summed E-state index contributed by atoms with van der Waals surface area (Å²) in [6.07, 6.45) is 0. The third kappa shape index (κ3) is 2.54. The van der Waals surface area contributed by atoms with Crippen molar-refractivity contribution in [3.63, 3.8) is 0 Å². The minimum atomic E-state index is -2.12. The van der Waals surface area contributed by atoms with E-state index in [9.17, 15) is 8.76 Å². The van der Waals surface area contributed by atoms with Gasteiger partial charge in [0, 0.05) is 24.2 Å². The van der Waals surface area contributed by atoms with E-state index in [1.165, 1.54) is 0 Å². The predicted octanol–water partition coefficient (Wildman–Crippen LogP) is 1.38. The summed E-state index contributed by atoms with van der Waals surface area (Å²) in [5, 5.41) is 0. The van der Waals surface area contributed by atoms with E-state index in [2.05, 4.69) is 0 Å². The van der Waals surface area contributed by atoms with Gasteiger partial charge in [-0.15, -0.1) is 0 Å². The van der Waals surface area contributed by atoms with Crippen LogP contribution in [0.15, 0.2) is 29.2 Å². The quantitative estimate of drug-likeness (QED) is 0.689. The summed E-state index contributed by atoms with van der Waals surface area (Å²) in [5.41, 5.74) is 1.02. The molecule has 0 heterocycles. The fourth-order valence-corrected chi connectivity index (χ4v) is 1.35. The highest BCUT2D eigenvalue weighted by Crippen LogP contribution is 2.14. The second-order valence-corrected chi connectivity index (χ2v) is 3.68. The molecule has 13 heavy (non-hydrogen) atoms. The van der Waals surface area contributed by atoms with Crippen LogP contribution < -0.4 is 4.90 Å². The van der Waals surface area contributed by atoms with Crippen molar-refractivity contribution < 1.29 is 8.76 Å². The maximum absolute atomic E-state index is 10.5. The van der Waals surface area contributed by atoms with E-state index < -0.39 is 11.1 Å². The Morgan fingerprint density at radius 1 is 1.38 bits per heavy atom. The summed E-state index contributed by atoms with van der Waals surface area (Å²) in [4.78, 5) is 2.37. The highest BCUT2D eigenvalue weighted by Gasteiger charge is 1.97. The molecule has 0 saturated carbocycles. The van der Waals surface area contributed by atoms with Gasteiger partial charge in [-0.2, -0.15) is 0 Å². The zero-order chi connectivity index (χ0) is 9.84. The lowest BCUT2D eigenvalue weighted by molar-refractivity contribution is 0.537. The molecular formula is C9H12NO2S-. The first kappa shape index (κ1) is 10.2. The Balaban J connectivity index is 2.87. The Hall–Kier alpha value is -0.870. The number of hydrogen-bond acceptors (Lipinski definition) is 3. The average molecular weight is 198 g/mol. The Kier molecular flexibility index (Phi) is 3.45. The van der Waals surface area contributed by atoms with Gasteiger partial charge < -0.3 is 9.45 Å². The van der Waals surface area contributed by atoms with Crippen LogP contribution in [0.1, 0.15) is 6.92 Å². The molecule has 0 amide bonds. The van der Waals surface area contributed by atoms with Crippen LogP contribution in [0.2, 0.25) is 0 Å². The van der Waals surface area contributed by atoms with Gasteiger partial charge in [0.25, 0.3) is 0 Å². The van der Waals surface area contributed by atoms with Crippen LogP contribution >= 0.6 is 0 Å². The van der Waals surface area contributed by atoms with Gasteiger partial charge in [-0.1, -0.05) is 0 Å². The molecule has 0 saturated heterocycles. The minimum absolute atomic E-state index is 0.327. The molecule has 4 heteroatoms. The molecule has 0 aliphatic carbocycles. The van der Waals surface area contributed by atoms with E-state index in [1.54, 1.807) is 24.3 Å². The molecule has 0 aliphatic rings. The van der Waals surface area contributed by atoms with Crippen molar-refractivity contribution in [1.29, 1.82) is 0 Å². The van der Waals surface area contributed by atoms with Gasteiger partial charge in [-0.05, 0) is 42.3 Å². The predicted molar refractivity (Wildman–Crippen MR) is 52.6 cm³/mol. The Labute approximate surface area is 80.7 Å². The zero-order valence-electron chi connectivity index (χ0n) is 7.69. The highest BCUT2D eigenvalue weighted by atomic mass is 32.2.